The summed E-state index contributed by atoms with van der Waals surface area (Å²) in [4.78, 5) is 23.0. The summed E-state index contributed by atoms with van der Waals surface area (Å²) in [6, 6.07) is 9.59. The van der Waals surface area contributed by atoms with Gasteiger partial charge in [0.25, 0.3) is 0 Å². The first-order chi connectivity index (χ1) is 9.13. The van der Waals surface area contributed by atoms with Gasteiger partial charge in [0.2, 0.25) is 0 Å². The lowest BCUT2D eigenvalue weighted by atomic mass is 10.1. The van der Waals surface area contributed by atoms with Crippen molar-refractivity contribution in [3.63, 3.8) is 0 Å². The molecule has 0 radical (unpaired) electrons. The van der Waals surface area contributed by atoms with Crippen molar-refractivity contribution >= 4 is 11.8 Å². The van der Waals surface area contributed by atoms with E-state index in [2.05, 4.69) is 10.6 Å². The van der Waals surface area contributed by atoms with Crippen LogP contribution in [0.1, 0.15) is 12.5 Å². The Kier molecular flexibility index (Phi) is 6.60. The molecule has 0 spiro atoms. The van der Waals surface area contributed by atoms with Gasteiger partial charge in [-0.1, -0.05) is 30.3 Å². The van der Waals surface area contributed by atoms with Gasteiger partial charge in [0.15, 0.2) is 0 Å². The van der Waals surface area contributed by atoms with Crippen LogP contribution in [0.3, 0.4) is 0 Å². The highest BCUT2D eigenvalue weighted by atomic mass is 16.5. The topological polar surface area (TPSA) is 67.4 Å². The highest BCUT2D eigenvalue weighted by Gasteiger charge is 2.15. The van der Waals surface area contributed by atoms with Gasteiger partial charge in [-0.05, 0) is 18.9 Å². The Labute approximate surface area is 113 Å². The molecule has 0 aliphatic rings. The van der Waals surface area contributed by atoms with Crippen LogP contribution in [0.4, 0.5) is 0 Å². The van der Waals surface area contributed by atoms with Crippen molar-refractivity contribution in [2.45, 2.75) is 19.4 Å². The summed E-state index contributed by atoms with van der Waals surface area (Å²) in [6.07, 6.45) is 0.702. The Balaban J connectivity index is 2.25. The van der Waals surface area contributed by atoms with Crippen molar-refractivity contribution in [3.8, 4) is 0 Å². The average Bonchev–Trinajstić information content (AvgIpc) is 2.40. The Hall–Kier alpha value is -1.88. The average molecular weight is 264 g/mol. The number of hydrogen-bond acceptors (Lipinski definition) is 3. The normalized spacial score (nSPS) is 11.7. The first-order valence-corrected chi connectivity index (χ1v) is 6.25. The van der Waals surface area contributed by atoms with Gasteiger partial charge in [0, 0.05) is 19.7 Å². The van der Waals surface area contributed by atoms with Crippen molar-refractivity contribution in [1.82, 2.24) is 10.6 Å². The van der Waals surface area contributed by atoms with Crippen LogP contribution < -0.4 is 10.6 Å². The number of ether oxygens (including phenoxy) is 1. The number of carbonyl (C=O) groups is 2. The minimum absolute atomic E-state index is 0.183. The minimum Gasteiger partial charge on any atom is -0.383 e. The third-order valence-electron chi connectivity index (χ3n) is 2.54. The van der Waals surface area contributed by atoms with Gasteiger partial charge in [-0.3, -0.25) is 9.59 Å². The second kappa shape index (κ2) is 8.26. The smallest absolute Gasteiger partial charge is 0.309 e. The Morgan fingerprint density at radius 3 is 2.53 bits per heavy atom. The molecule has 0 unspecified atom stereocenters. The van der Waals surface area contributed by atoms with Crippen molar-refractivity contribution in [2.75, 3.05) is 20.3 Å². The zero-order valence-corrected chi connectivity index (χ0v) is 11.3. The molecule has 1 aromatic carbocycles. The van der Waals surface area contributed by atoms with Crippen LogP contribution >= 0.6 is 0 Å². The number of rotatable bonds is 6. The fraction of sp³-hybridized carbons (Fsp3) is 0.429. The van der Waals surface area contributed by atoms with Crippen molar-refractivity contribution in [2.24, 2.45) is 0 Å². The maximum absolute atomic E-state index is 11.5. The number of hydrogen-bond donors (Lipinski definition) is 2. The van der Waals surface area contributed by atoms with Crippen LogP contribution in [-0.2, 0) is 20.7 Å². The lowest BCUT2D eigenvalue weighted by Gasteiger charge is -2.12. The molecule has 19 heavy (non-hydrogen) atoms. The van der Waals surface area contributed by atoms with Crippen molar-refractivity contribution in [3.05, 3.63) is 35.9 Å². The molecule has 0 fully saturated rings. The van der Waals surface area contributed by atoms with E-state index in [0.717, 1.165) is 5.56 Å². The molecule has 104 valence electrons. The largest absolute Gasteiger partial charge is 0.383 e. The summed E-state index contributed by atoms with van der Waals surface area (Å²) < 4.78 is 4.88. The molecule has 0 aliphatic carbocycles. The van der Waals surface area contributed by atoms with Crippen LogP contribution in [-0.4, -0.2) is 38.1 Å². The van der Waals surface area contributed by atoms with E-state index in [-0.39, 0.29) is 6.04 Å². The molecule has 2 amide bonds. The summed E-state index contributed by atoms with van der Waals surface area (Å²) in [5.74, 6) is -1.24. The Morgan fingerprint density at radius 1 is 1.21 bits per heavy atom. The molecule has 0 aromatic heterocycles. The van der Waals surface area contributed by atoms with E-state index in [1.54, 1.807) is 14.0 Å². The van der Waals surface area contributed by atoms with Crippen LogP contribution in [0.25, 0.3) is 0 Å². The molecule has 1 atom stereocenters. The number of amides is 2. The quantitative estimate of drug-likeness (QED) is 0.735. The molecule has 1 rings (SSSR count). The zero-order valence-electron chi connectivity index (χ0n) is 11.3. The standard InChI is InChI=1S/C14H20N2O3/c1-11(10-19-2)16-14(18)13(17)15-9-8-12-6-4-3-5-7-12/h3-7,11H,8-10H2,1-2H3,(H,15,17)(H,16,18)/t11-/m0/s1. The summed E-state index contributed by atoms with van der Waals surface area (Å²) in [5.41, 5.74) is 1.12. The van der Waals surface area contributed by atoms with E-state index in [1.807, 2.05) is 30.3 Å². The third-order valence-corrected chi connectivity index (χ3v) is 2.54. The van der Waals surface area contributed by atoms with E-state index in [1.165, 1.54) is 0 Å². The predicted octanol–water partition coefficient (Wildman–Crippen LogP) is 0.496. The molecule has 5 heteroatoms. The second-order valence-electron chi connectivity index (χ2n) is 4.32. The highest BCUT2D eigenvalue weighted by molar-refractivity contribution is 6.35. The molecule has 1 aromatic rings. The van der Waals surface area contributed by atoms with Gasteiger partial charge in [-0.25, -0.2) is 0 Å². The van der Waals surface area contributed by atoms with Crippen molar-refractivity contribution < 1.29 is 14.3 Å². The molecule has 0 aliphatic heterocycles. The van der Waals surface area contributed by atoms with E-state index in [4.69, 9.17) is 4.74 Å². The van der Waals surface area contributed by atoms with Gasteiger partial charge in [-0.2, -0.15) is 0 Å². The number of nitrogens with one attached hydrogen (secondary N) is 2. The van der Waals surface area contributed by atoms with E-state index < -0.39 is 11.8 Å². The van der Waals surface area contributed by atoms with Gasteiger partial charge >= 0.3 is 11.8 Å². The number of methoxy groups -OCH3 is 1. The van der Waals surface area contributed by atoms with E-state index >= 15 is 0 Å². The van der Waals surface area contributed by atoms with Gasteiger partial charge in [-0.15, -0.1) is 0 Å². The summed E-state index contributed by atoms with van der Waals surface area (Å²) in [6.45, 7) is 2.59. The third kappa shape index (κ3) is 6.01. The first-order valence-electron chi connectivity index (χ1n) is 6.25. The maximum Gasteiger partial charge on any atom is 0.309 e. The fourth-order valence-electron chi connectivity index (χ4n) is 1.63. The molecule has 0 saturated heterocycles. The molecule has 5 nitrogen and oxygen atoms in total. The lowest BCUT2D eigenvalue weighted by molar-refractivity contribution is -0.139. The van der Waals surface area contributed by atoms with Crippen LogP contribution in [0, 0.1) is 0 Å². The molecular weight excluding hydrogens is 244 g/mol. The minimum atomic E-state index is -0.627. The summed E-state index contributed by atoms with van der Waals surface area (Å²) in [5, 5.41) is 5.14. The maximum atomic E-state index is 11.5. The van der Waals surface area contributed by atoms with Gasteiger partial charge in [0.05, 0.1) is 6.61 Å². The lowest BCUT2D eigenvalue weighted by Crippen LogP contribution is -2.45. The molecule has 2 N–H and O–H groups in total. The monoisotopic (exact) mass is 264 g/mol. The summed E-state index contributed by atoms with van der Waals surface area (Å²) >= 11 is 0. The van der Waals surface area contributed by atoms with E-state index in [9.17, 15) is 9.59 Å². The van der Waals surface area contributed by atoms with Crippen LogP contribution in [0.2, 0.25) is 0 Å². The number of carbonyl (C=O) groups excluding carboxylic acids is 2. The molecule has 0 heterocycles. The highest BCUT2D eigenvalue weighted by Crippen LogP contribution is 1.97. The molecule has 0 saturated carbocycles. The van der Waals surface area contributed by atoms with Crippen LogP contribution in [0.15, 0.2) is 30.3 Å². The molecular formula is C14H20N2O3. The number of benzene rings is 1. The summed E-state index contributed by atoms with van der Waals surface area (Å²) in [7, 11) is 1.54. The second-order valence-corrected chi connectivity index (χ2v) is 4.32. The van der Waals surface area contributed by atoms with Gasteiger partial charge < -0.3 is 15.4 Å². The SMILES string of the molecule is COC[C@H](C)NC(=O)C(=O)NCCc1ccccc1. The van der Waals surface area contributed by atoms with Crippen molar-refractivity contribution in [1.29, 1.82) is 0 Å². The fourth-order valence-corrected chi connectivity index (χ4v) is 1.63. The predicted molar refractivity (Wildman–Crippen MR) is 72.6 cm³/mol. The van der Waals surface area contributed by atoms with Crippen LogP contribution in [0.5, 0.6) is 0 Å². The zero-order chi connectivity index (χ0) is 14.1. The Bertz CT molecular complexity index is 406. The van der Waals surface area contributed by atoms with E-state index in [0.29, 0.717) is 19.6 Å². The molecule has 0 bridgehead atoms. The van der Waals surface area contributed by atoms with Gasteiger partial charge in [0.1, 0.15) is 0 Å². The Morgan fingerprint density at radius 2 is 1.89 bits per heavy atom. The first kappa shape index (κ1) is 15.2.